The lowest BCUT2D eigenvalue weighted by atomic mass is 10.1. The second-order valence-electron chi connectivity index (χ2n) is 9.62. The third-order valence-corrected chi connectivity index (χ3v) is 6.76. The first-order valence-electron chi connectivity index (χ1n) is 13.9. The van der Waals surface area contributed by atoms with Gasteiger partial charge in [0.2, 0.25) is 0 Å². The number of ether oxygens (including phenoxy) is 5. The van der Waals surface area contributed by atoms with Gasteiger partial charge < -0.3 is 29.0 Å². The molecular formula is C31H32F2N4O6. The molecule has 3 heterocycles. The van der Waals surface area contributed by atoms with Crippen LogP contribution in [0.2, 0.25) is 0 Å². The summed E-state index contributed by atoms with van der Waals surface area (Å²) < 4.78 is 58.3. The number of pyridine rings is 2. The van der Waals surface area contributed by atoms with Gasteiger partial charge in [-0.1, -0.05) is 0 Å². The van der Waals surface area contributed by atoms with Gasteiger partial charge in [-0.05, 0) is 31.5 Å². The molecular weight excluding hydrogens is 562 g/mol. The smallest absolute Gasteiger partial charge is 0.261 e. The summed E-state index contributed by atoms with van der Waals surface area (Å²) in [5.74, 6) is -1.89. The number of carbonyl (C=O) groups is 1. The van der Waals surface area contributed by atoms with Gasteiger partial charge in [-0.3, -0.25) is 19.7 Å². The number of hydrogen-bond donors (Lipinski definition) is 1. The van der Waals surface area contributed by atoms with Gasteiger partial charge in [-0.25, -0.2) is 8.78 Å². The zero-order valence-corrected chi connectivity index (χ0v) is 23.9. The van der Waals surface area contributed by atoms with Crippen molar-refractivity contribution >= 4 is 22.5 Å². The Hall–Kier alpha value is -4.55. The van der Waals surface area contributed by atoms with Crippen molar-refractivity contribution in [1.29, 1.82) is 0 Å². The van der Waals surface area contributed by atoms with E-state index in [1.54, 1.807) is 19.1 Å². The summed E-state index contributed by atoms with van der Waals surface area (Å²) >= 11 is 0. The molecule has 0 spiro atoms. The molecule has 0 aliphatic carbocycles. The van der Waals surface area contributed by atoms with E-state index in [1.165, 1.54) is 37.8 Å². The van der Waals surface area contributed by atoms with E-state index >= 15 is 8.78 Å². The van der Waals surface area contributed by atoms with Crippen LogP contribution >= 0.6 is 0 Å². The number of rotatable bonds is 12. The van der Waals surface area contributed by atoms with Crippen LogP contribution < -0.4 is 24.3 Å². The fourth-order valence-electron chi connectivity index (χ4n) is 4.66. The van der Waals surface area contributed by atoms with E-state index in [0.717, 1.165) is 51.4 Å². The van der Waals surface area contributed by atoms with Crippen LogP contribution in [0.15, 0.2) is 55.0 Å². The van der Waals surface area contributed by atoms with Crippen molar-refractivity contribution in [1.82, 2.24) is 14.9 Å². The van der Waals surface area contributed by atoms with E-state index in [2.05, 4.69) is 20.2 Å². The molecule has 1 fully saturated rings. The summed E-state index contributed by atoms with van der Waals surface area (Å²) in [6.45, 7) is 6.78. The Morgan fingerprint density at radius 2 is 1.77 bits per heavy atom. The van der Waals surface area contributed by atoms with Crippen molar-refractivity contribution < 1.29 is 37.3 Å². The lowest BCUT2D eigenvalue weighted by molar-refractivity contribution is 0.0357. The number of benzene rings is 2. The lowest BCUT2D eigenvalue weighted by Crippen LogP contribution is -2.37. The molecule has 226 valence electrons. The van der Waals surface area contributed by atoms with Gasteiger partial charge in [0, 0.05) is 67.5 Å². The van der Waals surface area contributed by atoms with Crippen molar-refractivity contribution in [3.8, 4) is 28.7 Å². The Bertz CT molecular complexity index is 1560. The van der Waals surface area contributed by atoms with Crippen LogP contribution in [0.4, 0.5) is 14.5 Å². The highest BCUT2D eigenvalue weighted by Gasteiger charge is 2.20. The number of amides is 1. The van der Waals surface area contributed by atoms with E-state index in [0.29, 0.717) is 41.4 Å². The Morgan fingerprint density at radius 1 is 1.00 bits per heavy atom. The molecule has 0 radical (unpaired) electrons. The summed E-state index contributed by atoms with van der Waals surface area (Å²) in [4.78, 5) is 23.4. The summed E-state index contributed by atoms with van der Waals surface area (Å²) in [6.07, 6.45) is 5.09. The van der Waals surface area contributed by atoms with Crippen LogP contribution in [0, 0.1) is 11.6 Å². The minimum atomic E-state index is -1.01. The van der Waals surface area contributed by atoms with Gasteiger partial charge in [0.25, 0.3) is 5.91 Å². The first kappa shape index (κ1) is 29.9. The molecule has 5 rings (SSSR count). The highest BCUT2D eigenvalue weighted by atomic mass is 19.1. The van der Waals surface area contributed by atoms with Crippen molar-refractivity contribution in [2.24, 2.45) is 0 Å². The number of halogens is 2. The van der Waals surface area contributed by atoms with Crippen LogP contribution in [0.5, 0.6) is 28.7 Å². The van der Waals surface area contributed by atoms with E-state index < -0.39 is 23.3 Å². The molecule has 0 saturated carbocycles. The predicted octanol–water partition coefficient (Wildman–Crippen LogP) is 5.46. The molecule has 4 aromatic rings. The molecule has 12 heteroatoms. The monoisotopic (exact) mass is 594 g/mol. The first-order valence-corrected chi connectivity index (χ1v) is 13.9. The number of morpholine rings is 1. The van der Waals surface area contributed by atoms with Gasteiger partial charge in [-0.2, -0.15) is 0 Å². The number of fused-ring (bicyclic) bond motifs is 1. The Kier molecular flexibility index (Phi) is 9.80. The van der Waals surface area contributed by atoms with Gasteiger partial charge in [0.05, 0.1) is 44.6 Å². The molecule has 0 bridgehead atoms. The summed E-state index contributed by atoms with van der Waals surface area (Å²) in [6, 6.07) is 8.34. The van der Waals surface area contributed by atoms with Gasteiger partial charge in [0.1, 0.15) is 11.5 Å². The van der Waals surface area contributed by atoms with Crippen LogP contribution in [0.1, 0.15) is 23.7 Å². The normalized spacial score (nSPS) is 13.5. The fourth-order valence-corrected chi connectivity index (χ4v) is 4.66. The Balaban J connectivity index is 1.31. The molecule has 2 aromatic heterocycles. The molecule has 1 N–H and O–H groups in total. The first-order chi connectivity index (χ1) is 21.0. The van der Waals surface area contributed by atoms with E-state index in [4.69, 9.17) is 23.7 Å². The fraction of sp³-hybridized carbons (Fsp3) is 0.323. The highest BCUT2D eigenvalue weighted by molar-refractivity contribution is 6.06. The maximum Gasteiger partial charge on any atom is 0.261 e. The molecule has 0 atom stereocenters. The van der Waals surface area contributed by atoms with Crippen molar-refractivity contribution in [2.45, 2.75) is 13.3 Å². The summed E-state index contributed by atoms with van der Waals surface area (Å²) in [7, 11) is 1.51. The number of nitrogens with zero attached hydrogens (tertiary/aromatic N) is 3. The topological polar surface area (TPSA) is 104 Å². The van der Waals surface area contributed by atoms with Gasteiger partial charge >= 0.3 is 0 Å². The third kappa shape index (κ3) is 7.27. The predicted molar refractivity (Wildman–Crippen MR) is 155 cm³/mol. The average molecular weight is 595 g/mol. The van der Waals surface area contributed by atoms with E-state index in [9.17, 15) is 4.79 Å². The molecule has 10 nitrogen and oxygen atoms in total. The quantitative estimate of drug-likeness (QED) is 0.214. The van der Waals surface area contributed by atoms with E-state index in [-0.39, 0.29) is 17.0 Å². The minimum Gasteiger partial charge on any atom is -0.493 e. The molecule has 1 amide bonds. The van der Waals surface area contributed by atoms with Crippen LogP contribution in [0.3, 0.4) is 0 Å². The third-order valence-electron chi connectivity index (χ3n) is 6.76. The highest BCUT2D eigenvalue weighted by Crippen LogP contribution is 2.38. The molecule has 0 unspecified atom stereocenters. The largest absolute Gasteiger partial charge is 0.493 e. The SMILES string of the molecule is CCOc1ccncc1C(=O)Nc1cc(F)c(Oc2ccnc3cc(OCCCN4CCOCC4)c(OC)cc23)c(F)c1. The van der Waals surface area contributed by atoms with Crippen molar-refractivity contribution in [3.63, 3.8) is 0 Å². The van der Waals surface area contributed by atoms with Crippen LogP contribution in [0.25, 0.3) is 10.9 Å². The molecule has 1 aliphatic heterocycles. The second kappa shape index (κ2) is 14.1. The number of methoxy groups -OCH3 is 1. The number of aromatic nitrogens is 2. The Morgan fingerprint density at radius 3 is 2.51 bits per heavy atom. The lowest BCUT2D eigenvalue weighted by Gasteiger charge is -2.26. The maximum absolute atomic E-state index is 15.1. The number of carbonyl (C=O) groups excluding carboxylic acids is 1. The summed E-state index contributed by atoms with van der Waals surface area (Å²) in [5, 5.41) is 2.95. The van der Waals surface area contributed by atoms with Crippen LogP contribution in [-0.2, 0) is 4.74 Å². The maximum atomic E-state index is 15.1. The average Bonchev–Trinajstić information content (AvgIpc) is 3.01. The number of nitrogens with one attached hydrogen (secondary N) is 1. The molecule has 1 saturated heterocycles. The standard InChI is InChI=1S/C31H32F2N4O6/c1-3-41-26-5-7-34-19-22(26)31(38)36-20-15-23(32)30(24(33)16-20)43-27-6-8-35-25-18-29(28(39-2)17-21(25)27)42-12-4-9-37-10-13-40-14-11-37/h5-8,15-19H,3-4,9-14H2,1-2H3,(H,36,38). The Labute approximate surface area is 247 Å². The van der Waals surface area contributed by atoms with Gasteiger partial charge in [0.15, 0.2) is 28.9 Å². The van der Waals surface area contributed by atoms with Crippen molar-refractivity contribution in [2.75, 3.05) is 58.5 Å². The molecule has 1 aliphatic rings. The zero-order chi connectivity index (χ0) is 30.2. The molecule has 2 aromatic carbocycles. The molecule has 43 heavy (non-hydrogen) atoms. The zero-order valence-electron chi connectivity index (χ0n) is 23.9. The van der Waals surface area contributed by atoms with Gasteiger partial charge in [-0.15, -0.1) is 0 Å². The number of hydrogen-bond acceptors (Lipinski definition) is 9. The minimum absolute atomic E-state index is 0.102. The summed E-state index contributed by atoms with van der Waals surface area (Å²) in [5.41, 5.74) is 0.520. The number of anilines is 1. The second-order valence-corrected chi connectivity index (χ2v) is 9.62. The van der Waals surface area contributed by atoms with Crippen molar-refractivity contribution in [3.05, 3.63) is 72.2 Å². The van der Waals surface area contributed by atoms with E-state index in [1.807, 2.05) is 0 Å². The van der Waals surface area contributed by atoms with Crippen LogP contribution in [-0.4, -0.2) is 73.9 Å².